The van der Waals surface area contributed by atoms with Crippen molar-refractivity contribution in [1.29, 1.82) is 0 Å². The van der Waals surface area contributed by atoms with Crippen molar-refractivity contribution in [3.05, 3.63) is 29.3 Å². The second-order valence-electron chi connectivity index (χ2n) is 7.90. The summed E-state index contributed by atoms with van der Waals surface area (Å²) in [5.41, 5.74) is 8.22. The number of hydrogen-bond donors (Lipinski definition) is 2. The first-order valence-corrected chi connectivity index (χ1v) is 9.93. The third-order valence-electron chi connectivity index (χ3n) is 6.09. The summed E-state index contributed by atoms with van der Waals surface area (Å²) >= 11 is 0. The molecular weight excluding hydrogens is 362 g/mol. The Labute approximate surface area is 168 Å². The molecule has 0 radical (unpaired) electrons. The first-order chi connectivity index (χ1) is 12.5. The van der Waals surface area contributed by atoms with Crippen LogP contribution >= 0.6 is 12.4 Å². The van der Waals surface area contributed by atoms with Crippen LogP contribution in [-0.4, -0.2) is 35.8 Å². The van der Waals surface area contributed by atoms with Crippen LogP contribution in [0.2, 0.25) is 0 Å². The number of halogens is 1. The number of aryl methyl sites for hydroxylation is 1. The lowest BCUT2D eigenvalue weighted by molar-refractivity contribution is -0.120. The van der Waals surface area contributed by atoms with E-state index in [1.165, 1.54) is 6.42 Å². The smallest absolute Gasteiger partial charge is 0.254 e. The number of benzene rings is 1. The zero-order valence-electron chi connectivity index (χ0n) is 16.4. The molecule has 1 saturated carbocycles. The van der Waals surface area contributed by atoms with Gasteiger partial charge in [-0.1, -0.05) is 6.42 Å². The van der Waals surface area contributed by atoms with Crippen molar-refractivity contribution in [2.24, 2.45) is 17.6 Å². The predicted octanol–water partition coefficient (Wildman–Crippen LogP) is 3.74. The fraction of sp³-hybridized carbons (Fsp3) is 0.619. The summed E-state index contributed by atoms with van der Waals surface area (Å²) in [5, 5.41) is 3.05. The van der Waals surface area contributed by atoms with E-state index in [1.807, 2.05) is 30.0 Å². The molecule has 3 N–H and O–H groups in total. The summed E-state index contributed by atoms with van der Waals surface area (Å²) in [6.07, 6.45) is 6.36. The molecule has 1 unspecified atom stereocenters. The molecular formula is C21H32ClN3O2. The van der Waals surface area contributed by atoms with E-state index in [2.05, 4.69) is 12.2 Å². The van der Waals surface area contributed by atoms with E-state index < -0.39 is 0 Å². The lowest BCUT2D eigenvalue weighted by Crippen LogP contribution is -2.42. The van der Waals surface area contributed by atoms with Gasteiger partial charge in [-0.2, -0.15) is 0 Å². The van der Waals surface area contributed by atoms with E-state index in [0.29, 0.717) is 18.2 Å². The third kappa shape index (κ3) is 4.82. The standard InChI is InChI=1S/C21H31N3O2.ClH/c1-14-12-16(21(26)24-11-4-3-6-15(24)2)9-10-19(14)23-20(25)18-8-5-7-17(18)13-22;/h9-10,12,15,17-18H,3-8,11,13,22H2,1-2H3,(H,23,25);1H/t15?,17-,18-;/m1./s1. The van der Waals surface area contributed by atoms with Crippen molar-refractivity contribution in [3.63, 3.8) is 0 Å². The van der Waals surface area contributed by atoms with Gasteiger partial charge in [0.25, 0.3) is 5.91 Å². The Morgan fingerprint density at radius 3 is 2.63 bits per heavy atom. The highest BCUT2D eigenvalue weighted by molar-refractivity contribution is 5.97. The molecule has 0 bridgehead atoms. The van der Waals surface area contributed by atoms with Gasteiger partial charge < -0.3 is 16.0 Å². The van der Waals surface area contributed by atoms with Gasteiger partial charge in [0.2, 0.25) is 5.91 Å². The highest BCUT2D eigenvalue weighted by atomic mass is 35.5. The van der Waals surface area contributed by atoms with Gasteiger partial charge in [-0.05, 0) is 82.2 Å². The van der Waals surface area contributed by atoms with Gasteiger partial charge in [0.15, 0.2) is 0 Å². The zero-order chi connectivity index (χ0) is 18.7. The fourth-order valence-electron chi connectivity index (χ4n) is 4.39. The van der Waals surface area contributed by atoms with Crippen molar-refractivity contribution >= 4 is 29.9 Å². The molecule has 1 aromatic rings. The molecule has 1 aliphatic heterocycles. The van der Waals surface area contributed by atoms with Crippen molar-refractivity contribution in [3.8, 4) is 0 Å². The molecule has 6 heteroatoms. The Bertz CT molecular complexity index is 679. The van der Waals surface area contributed by atoms with Crippen molar-refractivity contribution < 1.29 is 9.59 Å². The number of nitrogens with zero attached hydrogens (tertiary/aromatic N) is 1. The first-order valence-electron chi connectivity index (χ1n) is 9.93. The Morgan fingerprint density at radius 1 is 1.19 bits per heavy atom. The Balaban J connectivity index is 0.00000261. The van der Waals surface area contributed by atoms with Gasteiger partial charge in [-0.15, -0.1) is 12.4 Å². The van der Waals surface area contributed by atoms with Gasteiger partial charge in [0.05, 0.1) is 0 Å². The Kier molecular flexibility index (Phi) is 7.68. The van der Waals surface area contributed by atoms with Crippen LogP contribution in [0.4, 0.5) is 5.69 Å². The SMILES string of the molecule is Cc1cc(C(=O)N2CCCCC2C)ccc1NC(=O)[C@@H]1CCC[C@@H]1CN.Cl. The molecule has 3 rings (SSSR count). The van der Waals surface area contributed by atoms with Crippen LogP contribution in [0.3, 0.4) is 0 Å². The summed E-state index contributed by atoms with van der Waals surface area (Å²) in [5.74, 6) is 0.452. The molecule has 150 valence electrons. The summed E-state index contributed by atoms with van der Waals surface area (Å²) in [4.78, 5) is 27.4. The van der Waals surface area contributed by atoms with Crippen molar-refractivity contribution in [2.45, 2.75) is 58.4 Å². The van der Waals surface area contributed by atoms with E-state index >= 15 is 0 Å². The van der Waals surface area contributed by atoms with Gasteiger partial charge in [-0.3, -0.25) is 9.59 Å². The number of carbonyl (C=O) groups is 2. The van der Waals surface area contributed by atoms with E-state index in [9.17, 15) is 9.59 Å². The highest BCUT2D eigenvalue weighted by Gasteiger charge is 2.32. The summed E-state index contributed by atoms with van der Waals surface area (Å²) in [6.45, 7) is 5.47. The lowest BCUT2D eigenvalue weighted by Gasteiger charge is -2.33. The first kappa shape index (κ1) is 21.7. The second-order valence-corrected chi connectivity index (χ2v) is 7.90. The zero-order valence-corrected chi connectivity index (χ0v) is 17.2. The Morgan fingerprint density at radius 2 is 1.96 bits per heavy atom. The van der Waals surface area contributed by atoms with Crippen LogP contribution in [0.5, 0.6) is 0 Å². The molecule has 2 amide bonds. The molecule has 1 heterocycles. The van der Waals surface area contributed by atoms with E-state index in [-0.39, 0.29) is 36.1 Å². The summed E-state index contributed by atoms with van der Waals surface area (Å²) in [7, 11) is 0. The number of carbonyl (C=O) groups excluding carboxylic acids is 2. The number of rotatable bonds is 4. The van der Waals surface area contributed by atoms with Crippen LogP contribution in [-0.2, 0) is 4.79 Å². The Hall–Kier alpha value is -1.59. The van der Waals surface area contributed by atoms with Crippen LogP contribution in [0.25, 0.3) is 0 Å². The quantitative estimate of drug-likeness (QED) is 0.817. The molecule has 1 aliphatic carbocycles. The molecule has 1 saturated heterocycles. The summed E-state index contributed by atoms with van der Waals surface area (Å²) < 4.78 is 0. The highest BCUT2D eigenvalue weighted by Crippen LogP contribution is 2.32. The number of piperidine rings is 1. The fourth-order valence-corrected chi connectivity index (χ4v) is 4.39. The number of hydrogen-bond acceptors (Lipinski definition) is 3. The molecule has 2 fully saturated rings. The maximum Gasteiger partial charge on any atom is 0.254 e. The van der Waals surface area contributed by atoms with Gasteiger partial charge in [0, 0.05) is 29.8 Å². The van der Waals surface area contributed by atoms with Crippen LogP contribution in [0, 0.1) is 18.8 Å². The van der Waals surface area contributed by atoms with E-state index in [1.54, 1.807) is 0 Å². The van der Waals surface area contributed by atoms with Gasteiger partial charge >= 0.3 is 0 Å². The molecule has 0 spiro atoms. The average molecular weight is 394 g/mol. The number of nitrogens with two attached hydrogens (primary N) is 1. The average Bonchev–Trinajstić information content (AvgIpc) is 3.12. The summed E-state index contributed by atoms with van der Waals surface area (Å²) in [6, 6.07) is 5.89. The minimum atomic E-state index is 0. The molecule has 3 atom stereocenters. The van der Waals surface area contributed by atoms with Crippen molar-refractivity contribution in [2.75, 3.05) is 18.4 Å². The number of likely N-dealkylation sites (tertiary alicyclic amines) is 1. The third-order valence-corrected chi connectivity index (χ3v) is 6.09. The molecule has 1 aromatic carbocycles. The van der Waals surface area contributed by atoms with E-state index in [4.69, 9.17) is 5.73 Å². The van der Waals surface area contributed by atoms with E-state index in [0.717, 1.165) is 49.9 Å². The van der Waals surface area contributed by atoms with Gasteiger partial charge in [-0.25, -0.2) is 0 Å². The topological polar surface area (TPSA) is 75.4 Å². The molecule has 5 nitrogen and oxygen atoms in total. The molecule has 0 aromatic heterocycles. The maximum absolute atomic E-state index is 12.8. The van der Waals surface area contributed by atoms with Crippen LogP contribution in [0.1, 0.15) is 61.4 Å². The lowest BCUT2D eigenvalue weighted by atomic mass is 9.95. The number of nitrogens with one attached hydrogen (secondary N) is 1. The predicted molar refractivity (Wildman–Crippen MR) is 111 cm³/mol. The maximum atomic E-state index is 12.8. The number of anilines is 1. The second kappa shape index (κ2) is 9.56. The van der Waals surface area contributed by atoms with Crippen molar-refractivity contribution in [1.82, 2.24) is 4.90 Å². The van der Waals surface area contributed by atoms with Crippen LogP contribution < -0.4 is 11.1 Å². The normalized spacial score (nSPS) is 25.0. The minimum Gasteiger partial charge on any atom is -0.336 e. The minimum absolute atomic E-state index is 0. The molecule has 2 aliphatic rings. The monoisotopic (exact) mass is 393 g/mol. The van der Waals surface area contributed by atoms with Crippen LogP contribution in [0.15, 0.2) is 18.2 Å². The largest absolute Gasteiger partial charge is 0.336 e. The molecule has 27 heavy (non-hydrogen) atoms. The van der Waals surface area contributed by atoms with Gasteiger partial charge in [0.1, 0.15) is 0 Å². The number of amides is 2.